The summed E-state index contributed by atoms with van der Waals surface area (Å²) in [6, 6.07) is 10.3. The highest BCUT2D eigenvalue weighted by atomic mass is 16.5. The van der Waals surface area contributed by atoms with Gasteiger partial charge in [-0.3, -0.25) is 9.59 Å². The SMILES string of the molecule is Cc1cc(=O)c(C(=O)OCC(=O)NC(C)C)nn1-c1ccccc1. The van der Waals surface area contributed by atoms with E-state index < -0.39 is 23.9 Å². The minimum atomic E-state index is -0.927. The van der Waals surface area contributed by atoms with Gasteiger partial charge < -0.3 is 10.1 Å². The summed E-state index contributed by atoms with van der Waals surface area (Å²) in [6.07, 6.45) is 0. The van der Waals surface area contributed by atoms with Crippen LogP contribution in [-0.4, -0.2) is 34.3 Å². The Kier molecular flexibility index (Phi) is 5.47. The third kappa shape index (κ3) is 4.28. The van der Waals surface area contributed by atoms with Gasteiger partial charge in [0.05, 0.1) is 5.69 Å². The Morgan fingerprint density at radius 1 is 1.25 bits per heavy atom. The summed E-state index contributed by atoms with van der Waals surface area (Å²) in [6.45, 7) is 4.84. The van der Waals surface area contributed by atoms with Crippen LogP contribution in [0, 0.1) is 6.92 Å². The van der Waals surface area contributed by atoms with Gasteiger partial charge in [-0.15, -0.1) is 0 Å². The summed E-state index contributed by atoms with van der Waals surface area (Å²) < 4.78 is 6.35. The number of aryl methyl sites for hydroxylation is 1. The van der Waals surface area contributed by atoms with Crippen LogP contribution in [0.1, 0.15) is 30.0 Å². The fourth-order valence-electron chi connectivity index (χ4n) is 2.08. The van der Waals surface area contributed by atoms with Crippen LogP contribution in [0.15, 0.2) is 41.2 Å². The van der Waals surface area contributed by atoms with Crippen molar-refractivity contribution in [3.8, 4) is 5.69 Å². The monoisotopic (exact) mass is 329 g/mol. The maximum atomic E-state index is 12.1. The number of hydrogen-bond acceptors (Lipinski definition) is 5. The Bertz CT molecular complexity index is 797. The number of nitrogens with zero attached hydrogens (tertiary/aromatic N) is 2. The molecule has 2 rings (SSSR count). The van der Waals surface area contributed by atoms with E-state index in [1.807, 2.05) is 18.2 Å². The molecule has 0 atom stereocenters. The quantitative estimate of drug-likeness (QED) is 0.833. The molecule has 0 aliphatic heterocycles. The van der Waals surface area contributed by atoms with E-state index in [9.17, 15) is 14.4 Å². The second-order valence-corrected chi connectivity index (χ2v) is 5.54. The molecule has 0 fully saturated rings. The lowest BCUT2D eigenvalue weighted by atomic mass is 10.3. The van der Waals surface area contributed by atoms with Crippen LogP contribution in [0.2, 0.25) is 0 Å². The second kappa shape index (κ2) is 7.54. The van der Waals surface area contributed by atoms with Crippen LogP contribution >= 0.6 is 0 Å². The molecule has 1 N–H and O–H groups in total. The number of benzene rings is 1. The molecule has 2 aromatic rings. The average Bonchev–Trinajstić information content (AvgIpc) is 2.53. The van der Waals surface area contributed by atoms with Gasteiger partial charge in [0.15, 0.2) is 6.61 Å². The second-order valence-electron chi connectivity index (χ2n) is 5.54. The number of carbonyl (C=O) groups excluding carboxylic acids is 2. The summed E-state index contributed by atoms with van der Waals surface area (Å²) in [5.74, 6) is -1.36. The third-order valence-corrected chi connectivity index (χ3v) is 3.09. The molecular weight excluding hydrogens is 310 g/mol. The average molecular weight is 329 g/mol. The van der Waals surface area contributed by atoms with Crippen molar-refractivity contribution in [2.45, 2.75) is 26.8 Å². The van der Waals surface area contributed by atoms with Gasteiger partial charge in [0.1, 0.15) is 0 Å². The molecule has 1 amide bonds. The molecule has 1 aromatic heterocycles. The molecule has 24 heavy (non-hydrogen) atoms. The molecule has 0 aliphatic rings. The zero-order valence-corrected chi connectivity index (χ0v) is 13.8. The highest BCUT2D eigenvalue weighted by Gasteiger charge is 2.18. The molecule has 1 aromatic carbocycles. The lowest BCUT2D eigenvalue weighted by Crippen LogP contribution is -2.34. The molecule has 1 heterocycles. The number of amides is 1. The summed E-state index contributed by atoms with van der Waals surface area (Å²) in [4.78, 5) is 35.6. The Labute approximate surface area is 139 Å². The first-order valence-electron chi connectivity index (χ1n) is 7.51. The van der Waals surface area contributed by atoms with E-state index in [0.29, 0.717) is 11.4 Å². The molecule has 0 aliphatic carbocycles. The molecule has 7 heteroatoms. The number of carbonyl (C=O) groups is 2. The number of aromatic nitrogens is 2. The first-order valence-corrected chi connectivity index (χ1v) is 7.51. The third-order valence-electron chi connectivity index (χ3n) is 3.09. The summed E-state index contributed by atoms with van der Waals surface area (Å²) in [5, 5.41) is 6.67. The topological polar surface area (TPSA) is 90.3 Å². The Hall–Kier alpha value is -2.96. The molecule has 0 unspecified atom stereocenters. The molecule has 0 saturated heterocycles. The van der Waals surface area contributed by atoms with E-state index in [-0.39, 0.29) is 11.7 Å². The summed E-state index contributed by atoms with van der Waals surface area (Å²) in [7, 11) is 0. The fraction of sp³-hybridized carbons (Fsp3) is 0.294. The van der Waals surface area contributed by atoms with Gasteiger partial charge in [-0.25, -0.2) is 9.48 Å². The van der Waals surface area contributed by atoms with Crippen LogP contribution in [-0.2, 0) is 9.53 Å². The molecule has 0 bridgehead atoms. The van der Waals surface area contributed by atoms with Gasteiger partial charge in [-0.05, 0) is 32.9 Å². The van der Waals surface area contributed by atoms with Crippen LogP contribution < -0.4 is 10.7 Å². The molecule has 7 nitrogen and oxygen atoms in total. The van der Waals surface area contributed by atoms with Crippen molar-refractivity contribution in [3.63, 3.8) is 0 Å². The van der Waals surface area contributed by atoms with Crippen molar-refractivity contribution < 1.29 is 14.3 Å². The Morgan fingerprint density at radius 2 is 1.92 bits per heavy atom. The van der Waals surface area contributed by atoms with Crippen molar-refractivity contribution in [2.75, 3.05) is 6.61 Å². The smallest absolute Gasteiger partial charge is 0.363 e. The van der Waals surface area contributed by atoms with E-state index in [2.05, 4.69) is 10.4 Å². The van der Waals surface area contributed by atoms with E-state index in [1.165, 1.54) is 10.7 Å². The van der Waals surface area contributed by atoms with Crippen LogP contribution in [0.3, 0.4) is 0 Å². The minimum Gasteiger partial charge on any atom is -0.451 e. The van der Waals surface area contributed by atoms with Gasteiger partial charge in [-0.2, -0.15) is 5.10 Å². The first kappa shape index (κ1) is 17.4. The normalized spacial score (nSPS) is 10.5. The summed E-state index contributed by atoms with van der Waals surface area (Å²) >= 11 is 0. The van der Waals surface area contributed by atoms with Gasteiger partial charge in [0.25, 0.3) is 5.91 Å². The largest absolute Gasteiger partial charge is 0.451 e. The standard InChI is InChI=1S/C17H19N3O4/c1-11(2)18-15(22)10-24-17(23)16-14(21)9-12(3)20(19-16)13-7-5-4-6-8-13/h4-9,11H,10H2,1-3H3,(H,18,22). The highest BCUT2D eigenvalue weighted by Crippen LogP contribution is 2.08. The van der Waals surface area contributed by atoms with E-state index in [1.54, 1.807) is 32.9 Å². The van der Waals surface area contributed by atoms with Gasteiger partial charge in [-0.1, -0.05) is 18.2 Å². The molecule has 126 valence electrons. The zero-order chi connectivity index (χ0) is 17.7. The number of ether oxygens (including phenoxy) is 1. The molecule has 0 radical (unpaired) electrons. The number of esters is 1. The van der Waals surface area contributed by atoms with Crippen LogP contribution in [0.5, 0.6) is 0 Å². The Morgan fingerprint density at radius 3 is 2.54 bits per heavy atom. The molecule has 0 saturated carbocycles. The van der Waals surface area contributed by atoms with Gasteiger partial charge >= 0.3 is 5.97 Å². The molecule has 0 spiro atoms. The lowest BCUT2D eigenvalue weighted by Gasteiger charge is -2.11. The van der Waals surface area contributed by atoms with Crippen molar-refractivity contribution in [2.24, 2.45) is 0 Å². The predicted octanol–water partition coefficient (Wildman–Crippen LogP) is 1.22. The number of rotatable bonds is 5. The predicted molar refractivity (Wildman–Crippen MR) is 88.1 cm³/mol. The number of hydrogen-bond donors (Lipinski definition) is 1. The van der Waals surface area contributed by atoms with Gasteiger partial charge in [0.2, 0.25) is 11.1 Å². The fourth-order valence-corrected chi connectivity index (χ4v) is 2.08. The maximum absolute atomic E-state index is 12.1. The number of para-hydroxylation sites is 1. The lowest BCUT2D eigenvalue weighted by molar-refractivity contribution is -0.124. The van der Waals surface area contributed by atoms with Crippen molar-refractivity contribution >= 4 is 11.9 Å². The van der Waals surface area contributed by atoms with Crippen LogP contribution in [0.4, 0.5) is 0 Å². The molecular formula is C17H19N3O4. The van der Waals surface area contributed by atoms with Gasteiger partial charge in [0, 0.05) is 17.8 Å². The van der Waals surface area contributed by atoms with E-state index in [0.717, 1.165) is 0 Å². The maximum Gasteiger partial charge on any atom is 0.363 e. The van der Waals surface area contributed by atoms with Crippen molar-refractivity contribution in [1.82, 2.24) is 15.1 Å². The highest BCUT2D eigenvalue weighted by molar-refractivity contribution is 5.89. The van der Waals surface area contributed by atoms with Crippen LogP contribution in [0.25, 0.3) is 5.69 Å². The minimum absolute atomic E-state index is 0.0657. The van der Waals surface area contributed by atoms with E-state index >= 15 is 0 Å². The number of nitrogens with one attached hydrogen (secondary N) is 1. The van der Waals surface area contributed by atoms with E-state index in [4.69, 9.17) is 4.74 Å². The Balaban J connectivity index is 2.22. The zero-order valence-electron chi connectivity index (χ0n) is 13.8. The summed E-state index contributed by atoms with van der Waals surface area (Å²) in [5.41, 5.74) is 0.387. The first-order chi connectivity index (χ1) is 11.4. The van der Waals surface area contributed by atoms with Crippen molar-refractivity contribution in [1.29, 1.82) is 0 Å². The van der Waals surface area contributed by atoms with Crippen molar-refractivity contribution in [3.05, 3.63) is 58.0 Å².